The van der Waals surface area contributed by atoms with Crippen LogP contribution in [0.4, 0.5) is 4.39 Å². The molecule has 0 saturated carbocycles. The van der Waals surface area contributed by atoms with Crippen LogP contribution in [0.5, 0.6) is 0 Å². The van der Waals surface area contributed by atoms with Gasteiger partial charge in [0.05, 0.1) is 0 Å². The summed E-state index contributed by atoms with van der Waals surface area (Å²) in [5.41, 5.74) is 7.18. The number of nitrogens with two attached hydrogens (primary N) is 1. The van der Waals surface area contributed by atoms with E-state index < -0.39 is 0 Å². The van der Waals surface area contributed by atoms with E-state index in [4.69, 9.17) is 11.1 Å². The zero-order chi connectivity index (χ0) is 13.1. The number of hydrogen-bond donors (Lipinski definition) is 2. The number of rotatable bonds is 3. The molecule has 0 aromatic heterocycles. The van der Waals surface area contributed by atoms with Crippen LogP contribution in [-0.4, -0.2) is 5.84 Å². The van der Waals surface area contributed by atoms with Gasteiger partial charge in [-0.15, -0.1) is 0 Å². The van der Waals surface area contributed by atoms with Crippen LogP contribution >= 0.6 is 11.8 Å². The third-order valence-corrected chi connectivity index (χ3v) is 3.53. The number of halogens is 1. The van der Waals surface area contributed by atoms with E-state index >= 15 is 0 Å². The molecule has 0 radical (unpaired) electrons. The van der Waals surface area contributed by atoms with Crippen LogP contribution < -0.4 is 5.73 Å². The summed E-state index contributed by atoms with van der Waals surface area (Å²) in [6, 6.07) is 12.1. The van der Waals surface area contributed by atoms with Crippen molar-refractivity contribution in [3.8, 4) is 0 Å². The van der Waals surface area contributed by atoms with E-state index in [2.05, 4.69) is 0 Å². The lowest BCUT2D eigenvalue weighted by Crippen LogP contribution is -2.12. The molecule has 0 amide bonds. The maximum absolute atomic E-state index is 12.8. The number of nitrogens with one attached hydrogen (secondary N) is 1. The Labute approximate surface area is 110 Å². The Morgan fingerprint density at radius 3 is 2.28 bits per heavy atom. The molecule has 3 N–H and O–H groups in total. The number of amidine groups is 1. The van der Waals surface area contributed by atoms with Gasteiger partial charge in [-0.25, -0.2) is 4.39 Å². The van der Waals surface area contributed by atoms with Gasteiger partial charge in [0, 0.05) is 15.4 Å². The maximum atomic E-state index is 12.8. The van der Waals surface area contributed by atoms with Gasteiger partial charge in [-0.1, -0.05) is 11.8 Å². The molecule has 4 heteroatoms. The predicted octanol–water partition coefficient (Wildman–Crippen LogP) is 3.57. The molecule has 0 aliphatic heterocycles. The van der Waals surface area contributed by atoms with Gasteiger partial charge in [-0.2, -0.15) is 0 Å². The smallest absolute Gasteiger partial charge is 0.123 e. The van der Waals surface area contributed by atoms with Crippen LogP contribution in [0.15, 0.2) is 52.3 Å². The summed E-state index contributed by atoms with van der Waals surface area (Å²) < 4.78 is 12.8. The van der Waals surface area contributed by atoms with E-state index in [0.29, 0.717) is 0 Å². The first kappa shape index (κ1) is 12.6. The summed E-state index contributed by atoms with van der Waals surface area (Å²) in [5.74, 6) is -0.159. The molecule has 2 nitrogen and oxygen atoms in total. The van der Waals surface area contributed by atoms with Crippen molar-refractivity contribution in [2.45, 2.75) is 16.7 Å². The molecule has 2 rings (SSSR count). The summed E-state index contributed by atoms with van der Waals surface area (Å²) in [6.45, 7) is 1.92. The second kappa shape index (κ2) is 5.23. The van der Waals surface area contributed by atoms with E-state index in [1.807, 2.05) is 25.1 Å². The van der Waals surface area contributed by atoms with E-state index in [1.165, 1.54) is 12.1 Å². The summed E-state index contributed by atoms with van der Waals surface area (Å²) >= 11 is 1.55. The molecular formula is C14H13FN2S. The molecule has 0 aliphatic rings. The maximum Gasteiger partial charge on any atom is 0.123 e. The van der Waals surface area contributed by atoms with Gasteiger partial charge in [-0.3, -0.25) is 5.41 Å². The molecule has 0 aliphatic carbocycles. The first-order valence-electron chi connectivity index (χ1n) is 5.45. The number of aryl methyl sites for hydroxylation is 1. The van der Waals surface area contributed by atoms with E-state index in [-0.39, 0.29) is 11.7 Å². The van der Waals surface area contributed by atoms with E-state index in [9.17, 15) is 4.39 Å². The highest BCUT2D eigenvalue weighted by molar-refractivity contribution is 7.99. The normalized spacial score (nSPS) is 10.3. The average molecular weight is 260 g/mol. The highest BCUT2D eigenvalue weighted by Gasteiger charge is 2.04. The van der Waals surface area contributed by atoms with Crippen LogP contribution in [0, 0.1) is 18.2 Å². The van der Waals surface area contributed by atoms with Crippen molar-refractivity contribution in [1.29, 1.82) is 5.41 Å². The molecule has 0 fully saturated rings. The monoisotopic (exact) mass is 260 g/mol. The molecule has 0 spiro atoms. The topological polar surface area (TPSA) is 49.9 Å². The van der Waals surface area contributed by atoms with Crippen molar-refractivity contribution >= 4 is 17.6 Å². The van der Waals surface area contributed by atoms with Crippen LogP contribution in [-0.2, 0) is 0 Å². The third kappa shape index (κ3) is 2.90. The van der Waals surface area contributed by atoms with Gasteiger partial charge in [0.25, 0.3) is 0 Å². The molecule has 0 saturated heterocycles. The Kier molecular flexibility index (Phi) is 3.67. The van der Waals surface area contributed by atoms with Crippen molar-refractivity contribution in [2.75, 3.05) is 0 Å². The number of nitrogen functional groups attached to an aromatic ring is 1. The van der Waals surface area contributed by atoms with Gasteiger partial charge in [0.1, 0.15) is 11.7 Å². The minimum Gasteiger partial charge on any atom is -0.384 e. The average Bonchev–Trinajstić information content (AvgIpc) is 2.32. The van der Waals surface area contributed by atoms with Gasteiger partial charge in [0.15, 0.2) is 0 Å². The molecule has 0 atom stereocenters. The van der Waals surface area contributed by atoms with Crippen molar-refractivity contribution < 1.29 is 4.39 Å². The fraction of sp³-hybridized carbons (Fsp3) is 0.0714. The van der Waals surface area contributed by atoms with Gasteiger partial charge in [0.2, 0.25) is 0 Å². The van der Waals surface area contributed by atoms with Crippen molar-refractivity contribution in [1.82, 2.24) is 0 Å². The van der Waals surface area contributed by atoms with Gasteiger partial charge in [-0.05, 0) is 55.0 Å². The highest BCUT2D eigenvalue weighted by atomic mass is 32.2. The Balaban J connectivity index is 2.22. The Hall–Kier alpha value is -1.81. The lowest BCUT2D eigenvalue weighted by atomic mass is 10.1. The number of benzene rings is 2. The first-order chi connectivity index (χ1) is 8.56. The third-order valence-electron chi connectivity index (χ3n) is 2.54. The van der Waals surface area contributed by atoms with Crippen molar-refractivity contribution in [2.24, 2.45) is 5.73 Å². The zero-order valence-electron chi connectivity index (χ0n) is 9.91. The largest absolute Gasteiger partial charge is 0.384 e. The van der Waals surface area contributed by atoms with Crippen LogP contribution in [0.1, 0.15) is 11.1 Å². The summed E-state index contributed by atoms with van der Waals surface area (Å²) in [7, 11) is 0. The second-order valence-electron chi connectivity index (χ2n) is 3.95. The standard InChI is InChI=1S/C14H13FN2S/c1-9-8-12(6-7-13(9)14(16)17)18-11-4-2-10(15)3-5-11/h2-8H,1H3,(H3,16,17). The Morgan fingerprint density at radius 1 is 1.11 bits per heavy atom. The fourth-order valence-corrected chi connectivity index (χ4v) is 2.56. The number of hydrogen-bond acceptors (Lipinski definition) is 2. The molecule has 18 heavy (non-hydrogen) atoms. The Bertz CT molecular complexity index is 579. The van der Waals surface area contributed by atoms with E-state index in [1.54, 1.807) is 23.9 Å². The molecule has 0 unspecified atom stereocenters. The quantitative estimate of drug-likeness (QED) is 0.654. The minimum atomic E-state index is -0.234. The molecule has 2 aromatic carbocycles. The molecular weight excluding hydrogens is 247 g/mol. The summed E-state index contributed by atoms with van der Waals surface area (Å²) in [5, 5.41) is 7.42. The zero-order valence-corrected chi connectivity index (χ0v) is 10.7. The Morgan fingerprint density at radius 2 is 1.72 bits per heavy atom. The molecule has 0 heterocycles. The minimum absolute atomic E-state index is 0.0748. The lowest BCUT2D eigenvalue weighted by molar-refractivity contribution is 0.626. The van der Waals surface area contributed by atoms with Crippen molar-refractivity contribution in [3.63, 3.8) is 0 Å². The van der Waals surface area contributed by atoms with Gasteiger partial charge < -0.3 is 5.73 Å². The molecule has 92 valence electrons. The molecule has 0 bridgehead atoms. The molecule has 2 aromatic rings. The predicted molar refractivity (Wildman–Crippen MR) is 72.7 cm³/mol. The van der Waals surface area contributed by atoms with Gasteiger partial charge >= 0.3 is 0 Å². The second-order valence-corrected chi connectivity index (χ2v) is 5.09. The highest BCUT2D eigenvalue weighted by Crippen LogP contribution is 2.29. The van der Waals surface area contributed by atoms with Crippen molar-refractivity contribution in [3.05, 3.63) is 59.4 Å². The van der Waals surface area contributed by atoms with Crippen LogP contribution in [0.2, 0.25) is 0 Å². The summed E-state index contributed by atoms with van der Waals surface area (Å²) in [4.78, 5) is 2.02. The first-order valence-corrected chi connectivity index (χ1v) is 6.26. The van der Waals surface area contributed by atoms with E-state index in [0.717, 1.165) is 20.9 Å². The SMILES string of the molecule is Cc1cc(Sc2ccc(F)cc2)ccc1C(=N)N. The van der Waals surface area contributed by atoms with Crippen LogP contribution in [0.3, 0.4) is 0 Å². The van der Waals surface area contributed by atoms with Crippen LogP contribution in [0.25, 0.3) is 0 Å². The summed E-state index contributed by atoms with van der Waals surface area (Å²) in [6.07, 6.45) is 0. The fourth-order valence-electron chi connectivity index (χ4n) is 1.64. The lowest BCUT2D eigenvalue weighted by Gasteiger charge is -2.07.